The highest BCUT2D eigenvalue weighted by Crippen LogP contribution is 2.25. The van der Waals surface area contributed by atoms with Crippen molar-refractivity contribution in [3.05, 3.63) is 0 Å². The summed E-state index contributed by atoms with van der Waals surface area (Å²) in [6.45, 7) is 6.31. The summed E-state index contributed by atoms with van der Waals surface area (Å²) in [5, 5.41) is 3.39. The molecule has 2 atom stereocenters. The lowest BCUT2D eigenvalue weighted by Gasteiger charge is -2.35. The van der Waals surface area contributed by atoms with Gasteiger partial charge in [-0.2, -0.15) is 0 Å². The van der Waals surface area contributed by atoms with Crippen molar-refractivity contribution in [3.8, 4) is 0 Å². The van der Waals surface area contributed by atoms with E-state index in [0.717, 1.165) is 30.8 Å². The number of rotatable bonds is 3. The smallest absolute Gasteiger partial charge is 0.240 e. The van der Waals surface area contributed by atoms with E-state index in [1.165, 1.54) is 0 Å². The van der Waals surface area contributed by atoms with Crippen LogP contribution in [0.4, 0.5) is 0 Å². The summed E-state index contributed by atoms with van der Waals surface area (Å²) in [7, 11) is -0.661. The molecule has 4 nitrogen and oxygen atoms in total. The first-order valence-electron chi connectivity index (χ1n) is 6.92. The maximum Gasteiger partial charge on any atom is 0.240 e. The third-order valence-electron chi connectivity index (χ3n) is 3.85. The molecule has 2 aliphatic rings. The fraction of sp³-hybridized carbons (Fsp3) is 0.923. The first-order valence-corrected chi connectivity index (χ1v) is 8.41. The van der Waals surface area contributed by atoms with Crippen LogP contribution in [0.1, 0.15) is 40.0 Å². The molecule has 0 saturated carbocycles. The molecule has 0 aromatic heterocycles. The normalized spacial score (nSPS) is 37.6. The zero-order valence-electron chi connectivity index (χ0n) is 11.5. The van der Waals surface area contributed by atoms with Crippen molar-refractivity contribution in [1.82, 2.24) is 10.2 Å². The summed E-state index contributed by atoms with van der Waals surface area (Å²) in [5.41, 5.74) is 0. The summed E-state index contributed by atoms with van der Waals surface area (Å²) >= 11 is 0. The van der Waals surface area contributed by atoms with Gasteiger partial charge in [-0.3, -0.25) is 14.3 Å². The van der Waals surface area contributed by atoms with Crippen LogP contribution in [0.15, 0.2) is 0 Å². The van der Waals surface area contributed by atoms with Crippen molar-refractivity contribution in [2.75, 3.05) is 11.5 Å². The molecular weight excluding hydrogens is 248 g/mol. The first kappa shape index (κ1) is 14.0. The molecule has 2 aliphatic heterocycles. The molecule has 0 aromatic carbocycles. The van der Waals surface area contributed by atoms with E-state index >= 15 is 0 Å². The molecule has 0 aromatic rings. The highest BCUT2D eigenvalue weighted by Gasteiger charge is 2.41. The van der Waals surface area contributed by atoms with Gasteiger partial charge < -0.3 is 4.90 Å². The van der Waals surface area contributed by atoms with Crippen LogP contribution in [0.5, 0.6) is 0 Å². The lowest BCUT2D eigenvalue weighted by molar-refractivity contribution is -0.132. The van der Waals surface area contributed by atoms with Gasteiger partial charge in [0.2, 0.25) is 5.91 Å². The minimum atomic E-state index is -0.661. The van der Waals surface area contributed by atoms with Gasteiger partial charge in [0.25, 0.3) is 0 Å². The standard InChI is InChI=1S/C13H24N2O2S/c1-9(2)8-12-14-10(3)13(16)15(12)11-4-6-18(17)7-5-11/h9-12,14H,4-8H2,1-3H3. The Morgan fingerprint density at radius 3 is 2.56 bits per heavy atom. The van der Waals surface area contributed by atoms with Gasteiger partial charge in [0, 0.05) is 28.3 Å². The molecule has 2 saturated heterocycles. The van der Waals surface area contributed by atoms with Crippen LogP contribution in [0.3, 0.4) is 0 Å². The minimum Gasteiger partial charge on any atom is -0.323 e. The number of hydrogen-bond donors (Lipinski definition) is 1. The molecule has 1 N–H and O–H groups in total. The maximum absolute atomic E-state index is 12.3. The first-order chi connectivity index (χ1) is 8.49. The van der Waals surface area contributed by atoms with Gasteiger partial charge in [0.05, 0.1) is 12.2 Å². The van der Waals surface area contributed by atoms with Crippen LogP contribution >= 0.6 is 0 Å². The van der Waals surface area contributed by atoms with Gasteiger partial charge >= 0.3 is 0 Å². The average molecular weight is 272 g/mol. The second-order valence-electron chi connectivity index (χ2n) is 5.86. The molecule has 104 valence electrons. The van der Waals surface area contributed by atoms with Crippen LogP contribution in [0.2, 0.25) is 0 Å². The average Bonchev–Trinajstić information content (AvgIpc) is 2.55. The third kappa shape index (κ3) is 2.94. The molecule has 0 radical (unpaired) electrons. The van der Waals surface area contributed by atoms with Crippen LogP contribution in [0, 0.1) is 5.92 Å². The van der Waals surface area contributed by atoms with Gasteiger partial charge in [-0.15, -0.1) is 0 Å². The number of nitrogens with zero attached hydrogens (tertiary/aromatic N) is 1. The Balaban J connectivity index is 2.06. The highest BCUT2D eigenvalue weighted by molar-refractivity contribution is 7.85. The predicted octanol–water partition coefficient (Wildman–Crippen LogP) is 1.09. The molecule has 5 heteroatoms. The van der Waals surface area contributed by atoms with E-state index in [9.17, 15) is 9.00 Å². The lowest BCUT2D eigenvalue weighted by atomic mass is 10.0. The van der Waals surface area contributed by atoms with Crippen molar-refractivity contribution >= 4 is 16.7 Å². The molecule has 18 heavy (non-hydrogen) atoms. The van der Waals surface area contributed by atoms with Crippen molar-refractivity contribution < 1.29 is 9.00 Å². The zero-order chi connectivity index (χ0) is 13.3. The van der Waals surface area contributed by atoms with Gasteiger partial charge in [0.1, 0.15) is 0 Å². The van der Waals surface area contributed by atoms with E-state index in [2.05, 4.69) is 19.2 Å². The second-order valence-corrected chi connectivity index (χ2v) is 7.55. The van der Waals surface area contributed by atoms with Crippen LogP contribution < -0.4 is 5.32 Å². The lowest BCUT2D eigenvalue weighted by Crippen LogP contribution is -2.47. The molecule has 1 amide bonds. The maximum atomic E-state index is 12.3. The molecule has 0 bridgehead atoms. The summed E-state index contributed by atoms with van der Waals surface area (Å²) in [5.74, 6) is 2.29. The Morgan fingerprint density at radius 2 is 2.00 bits per heavy atom. The summed E-state index contributed by atoms with van der Waals surface area (Å²) < 4.78 is 11.4. The largest absolute Gasteiger partial charge is 0.323 e. The summed E-state index contributed by atoms with van der Waals surface area (Å²) in [6.07, 6.45) is 2.95. The van der Waals surface area contributed by atoms with E-state index in [-0.39, 0.29) is 24.2 Å². The van der Waals surface area contributed by atoms with Crippen molar-refractivity contribution in [2.45, 2.75) is 58.3 Å². The Labute approximate surface area is 112 Å². The van der Waals surface area contributed by atoms with Gasteiger partial charge in [0.15, 0.2) is 0 Å². The highest BCUT2D eigenvalue weighted by atomic mass is 32.2. The molecular formula is C13H24N2O2S. The summed E-state index contributed by atoms with van der Waals surface area (Å²) in [4.78, 5) is 14.3. The minimum absolute atomic E-state index is 0.0684. The molecule has 2 fully saturated rings. The third-order valence-corrected chi connectivity index (χ3v) is 5.23. The van der Waals surface area contributed by atoms with Crippen molar-refractivity contribution in [2.24, 2.45) is 5.92 Å². The second kappa shape index (κ2) is 5.70. The molecule has 2 rings (SSSR count). The van der Waals surface area contributed by atoms with E-state index in [4.69, 9.17) is 0 Å². The fourth-order valence-electron chi connectivity index (χ4n) is 2.94. The van der Waals surface area contributed by atoms with Gasteiger partial charge in [-0.1, -0.05) is 13.8 Å². The van der Waals surface area contributed by atoms with E-state index < -0.39 is 10.8 Å². The van der Waals surface area contributed by atoms with Gasteiger partial charge in [-0.05, 0) is 32.1 Å². The number of carbonyl (C=O) groups is 1. The Morgan fingerprint density at radius 1 is 1.39 bits per heavy atom. The van der Waals surface area contributed by atoms with Crippen LogP contribution in [0.25, 0.3) is 0 Å². The van der Waals surface area contributed by atoms with Crippen LogP contribution in [-0.4, -0.2) is 44.8 Å². The quantitative estimate of drug-likeness (QED) is 0.837. The van der Waals surface area contributed by atoms with Crippen molar-refractivity contribution in [3.63, 3.8) is 0 Å². The number of nitrogens with one attached hydrogen (secondary N) is 1. The zero-order valence-corrected chi connectivity index (χ0v) is 12.3. The fourth-order valence-corrected chi connectivity index (χ4v) is 4.21. The molecule has 0 aliphatic carbocycles. The van der Waals surface area contributed by atoms with E-state index in [1.807, 2.05) is 11.8 Å². The molecule has 2 unspecified atom stereocenters. The van der Waals surface area contributed by atoms with E-state index in [0.29, 0.717) is 5.92 Å². The number of hydrogen-bond acceptors (Lipinski definition) is 3. The van der Waals surface area contributed by atoms with Gasteiger partial charge in [-0.25, -0.2) is 0 Å². The Bertz CT molecular complexity index is 336. The monoisotopic (exact) mass is 272 g/mol. The topological polar surface area (TPSA) is 49.4 Å². The predicted molar refractivity (Wildman–Crippen MR) is 73.6 cm³/mol. The Kier molecular flexibility index (Phi) is 4.43. The van der Waals surface area contributed by atoms with E-state index in [1.54, 1.807) is 0 Å². The van der Waals surface area contributed by atoms with Crippen molar-refractivity contribution in [1.29, 1.82) is 0 Å². The Hall–Kier alpha value is -0.420. The molecule has 0 spiro atoms. The van der Waals surface area contributed by atoms with Crippen LogP contribution in [-0.2, 0) is 15.6 Å². The number of amides is 1. The number of carbonyl (C=O) groups excluding carboxylic acids is 1. The SMILES string of the molecule is CC(C)CC1NC(C)C(=O)N1C1CCS(=O)CC1. The summed E-state index contributed by atoms with van der Waals surface area (Å²) in [6, 6.07) is 0.220. The molecule has 2 heterocycles.